The Bertz CT molecular complexity index is 443. The van der Waals surface area contributed by atoms with Gasteiger partial charge in [-0.15, -0.1) is 0 Å². The number of hydrogen-bond donors (Lipinski definition) is 1. The molecule has 0 aromatic heterocycles. The van der Waals surface area contributed by atoms with Gasteiger partial charge in [0.05, 0.1) is 0 Å². The maximum atomic E-state index is 14.3. The van der Waals surface area contributed by atoms with E-state index in [9.17, 15) is 4.39 Å². The lowest BCUT2D eigenvalue weighted by molar-refractivity contribution is 0.220. The van der Waals surface area contributed by atoms with E-state index in [0.717, 1.165) is 43.7 Å². The van der Waals surface area contributed by atoms with E-state index in [1.54, 1.807) is 6.07 Å². The van der Waals surface area contributed by atoms with Crippen molar-refractivity contribution >= 4 is 5.69 Å². The fraction of sp³-hybridized carbons (Fsp3) is 0.647. The van der Waals surface area contributed by atoms with Gasteiger partial charge in [-0.25, -0.2) is 4.39 Å². The summed E-state index contributed by atoms with van der Waals surface area (Å²) in [6, 6.07) is 5.62. The summed E-state index contributed by atoms with van der Waals surface area (Å²) in [4.78, 5) is 2.43. The van der Waals surface area contributed by atoms with Crippen LogP contribution in [0.5, 0.6) is 0 Å². The maximum absolute atomic E-state index is 14.3. The average molecular weight is 278 g/mol. The Morgan fingerprint density at radius 2 is 1.90 bits per heavy atom. The number of nitrogens with zero attached hydrogens (tertiary/aromatic N) is 1. The van der Waals surface area contributed by atoms with Crippen LogP contribution in [-0.4, -0.2) is 30.1 Å². The zero-order valence-corrected chi connectivity index (χ0v) is 13.2. The molecule has 1 saturated heterocycles. The largest absolute Gasteiger partial charge is 0.380 e. The van der Waals surface area contributed by atoms with Gasteiger partial charge in [-0.05, 0) is 76.9 Å². The molecule has 20 heavy (non-hydrogen) atoms. The second-order valence-electron chi connectivity index (χ2n) is 6.82. The summed E-state index contributed by atoms with van der Waals surface area (Å²) in [7, 11) is 0. The fourth-order valence-corrected chi connectivity index (χ4v) is 2.93. The topological polar surface area (TPSA) is 15.3 Å². The van der Waals surface area contributed by atoms with Crippen LogP contribution in [0.1, 0.15) is 52.0 Å². The van der Waals surface area contributed by atoms with Crippen molar-refractivity contribution in [3.8, 4) is 0 Å². The summed E-state index contributed by atoms with van der Waals surface area (Å²) < 4.78 is 14.3. The first-order valence-corrected chi connectivity index (χ1v) is 7.69. The number of piperidine rings is 1. The van der Waals surface area contributed by atoms with Crippen LogP contribution in [0.3, 0.4) is 0 Å². The molecule has 1 aromatic rings. The van der Waals surface area contributed by atoms with Crippen LogP contribution in [0.4, 0.5) is 10.1 Å². The summed E-state index contributed by atoms with van der Waals surface area (Å²) >= 11 is 0. The van der Waals surface area contributed by atoms with Gasteiger partial charge in [0, 0.05) is 11.2 Å². The lowest BCUT2D eigenvalue weighted by atomic mass is 9.89. The van der Waals surface area contributed by atoms with E-state index in [2.05, 4.69) is 37.9 Å². The lowest BCUT2D eigenvalue weighted by Gasteiger charge is -2.31. The van der Waals surface area contributed by atoms with Crippen LogP contribution >= 0.6 is 0 Å². The van der Waals surface area contributed by atoms with Crippen LogP contribution in [0.15, 0.2) is 18.2 Å². The zero-order chi connectivity index (χ0) is 14.8. The quantitative estimate of drug-likeness (QED) is 0.890. The van der Waals surface area contributed by atoms with Crippen molar-refractivity contribution in [1.29, 1.82) is 0 Å². The molecule has 0 bridgehead atoms. The predicted molar refractivity (Wildman–Crippen MR) is 83.9 cm³/mol. The van der Waals surface area contributed by atoms with Crippen molar-refractivity contribution in [2.75, 3.05) is 25.0 Å². The summed E-state index contributed by atoms with van der Waals surface area (Å²) in [5, 5.41) is 3.32. The molecule has 0 saturated carbocycles. The SMILES string of the molecule is CCN1CCC(c2ccc(NC(C)(C)C)cc2F)CC1. The Kier molecular flexibility index (Phi) is 4.69. The third kappa shape index (κ3) is 3.95. The lowest BCUT2D eigenvalue weighted by Crippen LogP contribution is -2.32. The fourth-order valence-electron chi connectivity index (χ4n) is 2.93. The van der Waals surface area contributed by atoms with Gasteiger partial charge in [-0.2, -0.15) is 0 Å². The zero-order valence-electron chi connectivity index (χ0n) is 13.2. The number of halogens is 1. The van der Waals surface area contributed by atoms with Gasteiger partial charge in [0.15, 0.2) is 0 Å². The highest BCUT2D eigenvalue weighted by Crippen LogP contribution is 2.31. The molecule has 2 rings (SSSR count). The first-order chi connectivity index (χ1) is 9.39. The van der Waals surface area contributed by atoms with Gasteiger partial charge in [0.1, 0.15) is 5.82 Å². The average Bonchev–Trinajstić information content (AvgIpc) is 2.37. The monoisotopic (exact) mass is 278 g/mol. The van der Waals surface area contributed by atoms with Crippen LogP contribution in [0.2, 0.25) is 0 Å². The maximum Gasteiger partial charge on any atom is 0.128 e. The van der Waals surface area contributed by atoms with Gasteiger partial charge in [0.2, 0.25) is 0 Å². The molecule has 2 nitrogen and oxygen atoms in total. The van der Waals surface area contributed by atoms with Crippen molar-refractivity contribution in [3.05, 3.63) is 29.6 Å². The molecular formula is C17H27FN2. The van der Waals surface area contributed by atoms with E-state index in [-0.39, 0.29) is 11.4 Å². The summed E-state index contributed by atoms with van der Waals surface area (Å²) in [6.45, 7) is 11.7. The molecule has 1 N–H and O–H groups in total. The molecule has 1 fully saturated rings. The molecule has 1 aliphatic rings. The number of nitrogens with one attached hydrogen (secondary N) is 1. The summed E-state index contributed by atoms with van der Waals surface area (Å²) in [5.41, 5.74) is 1.71. The van der Waals surface area contributed by atoms with E-state index in [0.29, 0.717) is 5.92 Å². The third-order valence-electron chi connectivity index (χ3n) is 3.99. The molecule has 3 heteroatoms. The first kappa shape index (κ1) is 15.3. The van der Waals surface area contributed by atoms with Gasteiger partial charge in [-0.1, -0.05) is 13.0 Å². The number of anilines is 1. The highest BCUT2D eigenvalue weighted by molar-refractivity contribution is 5.47. The number of hydrogen-bond acceptors (Lipinski definition) is 2. The van der Waals surface area contributed by atoms with Crippen LogP contribution in [0, 0.1) is 5.82 Å². The van der Waals surface area contributed by atoms with E-state index >= 15 is 0 Å². The van der Waals surface area contributed by atoms with Crippen molar-refractivity contribution in [1.82, 2.24) is 4.90 Å². The van der Waals surface area contributed by atoms with Gasteiger partial charge >= 0.3 is 0 Å². The Morgan fingerprint density at radius 3 is 2.40 bits per heavy atom. The number of likely N-dealkylation sites (tertiary alicyclic amines) is 1. The second-order valence-corrected chi connectivity index (χ2v) is 6.82. The minimum atomic E-state index is -0.0609. The highest BCUT2D eigenvalue weighted by Gasteiger charge is 2.22. The second kappa shape index (κ2) is 6.13. The van der Waals surface area contributed by atoms with Crippen LogP contribution in [0.25, 0.3) is 0 Å². The molecule has 0 radical (unpaired) electrons. The molecule has 1 heterocycles. The van der Waals surface area contributed by atoms with Crippen molar-refractivity contribution in [3.63, 3.8) is 0 Å². The Morgan fingerprint density at radius 1 is 1.25 bits per heavy atom. The minimum Gasteiger partial charge on any atom is -0.380 e. The van der Waals surface area contributed by atoms with Crippen molar-refractivity contribution in [2.24, 2.45) is 0 Å². The summed E-state index contributed by atoms with van der Waals surface area (Å²) in [5.74, 6) is 0.315. The third-order valence-corrected chi connectivity index (χ3v) is 3.99. The first-order valence-electron chi connectivity index (χ1n) is 7.69. The molecule has 0 unspecified atom stereocenters. The smallest absolute Gasteiger partial charge is 0.128 e. The molecule has 112 valence electrons. The molecular weight excluding hydrogens is 251 g/mol. The predicted octanol–water partition coefficient (Wildman–Crippen LogP) is 4.24. The summed E-state index contributed by atoms with van der Waals surface area (Å²) in [6.07, 6.45) is 2.13. The highest BCUT2D eigenvalue weighted by atomic mass is 19.1. The normalized spacial score (nSPS) is 18.2. The van der Waals surface area contributed by atoms with Gasteiger partial charge < -0.3 is 10.2 Å². The van der Waals surface area contributed by atoms with E-state index in [1.165, 1.54) is 0 Å². The standard InChI is InChI=1S/C17H27FN2/c1-5-20-10-8-13(9-11-20)15-7-6-14(12-16(15)18)19-17(2,3)4/h6-7,12-13,19H,5,8-11H2,1-4H3. The number of rotatable bonds is 3. The molecule has 0 aliphatic carbocycles. The van der Waals surface area contributed by atoms with Crippen LogP contribution < -0.4 is 5.32 Å². The van der Waals surface area contributed by atoms with Crippen LogP contribution in [-0.2, 0) is 0 Å². The van der Waals surface area contributed by atoms with Crippen molar-refractivity contribution in [2.45, 2.75) is 52.0 Å². The van der Waals surface area contributed by atoms with E-state index in [1.807, 2.05) is 12.1 Å². The van der Waals surface area contributed by atoms with Gasteiger partial charge in [0.25, 0.3) is 0 Å². The molecule has 0 amide bonds. The minimum absolute atomic E-state index is 0.0412. The molecule has 0 spiro atoms. The number of benzene rings is 1. The van der Waals surface area contributed by atoms with E-state index in [4.69, 9.17) is 0 Å². The molecule has 1 aromatic carbocycles. The molecule has 1 aliphatic heterocycles. The van der Waals surface area contributed by atoms with Gasteiger partial charge in [-0.3, -0.25) is 0 Å². The Hall–Kier alpha value is -1.09. The van der Waals surface area contributed by atoms with Crippen molar-refractivity contribution < 1.29 is 4.39 Å². The Balaban J connectivity index is 2.07. The molecule has 0 atom stereocenters. The Labute approximate surface area is 122 Å². The van der Waals surface area contributed by atoms with E-state index < -0.39 is 0 Å².